The molecule has 84 valence electrons. The zero-order chi connectivity index (χ0) is 11.9. The van der Waals surface area contributed by atoms with Crippen LogP contribution in [0.5, 0.6) is 5.75 Å². The molecule has 0 saturated carbocycles. The largest absolute Gasteiger partial charge is 0.507 e. The van der Waals surface area contributed by atoms with Crippen LogP contribution in [0.3, 0.4) is 0 Å². The van der Waals surface area contributed by atoms with E-state index in [1.54, 1.807) is 0 Å². The molecule has 0 aliphatic rings. The summed E-state index contributed by atoms with van der Waals surface area (Å²) < 4.78 is 37.2. The van der Waals surface area contributed by atoms with Gasteiger partial charge in [0, 0.05) is 6.07 Å². The van der Waals surface area contributed by atoms with Crippen molar-refractivity contribution in [1.29, 1.82) is 0 Å². The quantitative estimate of drug-likeness (QED) is 0.771. The highest BCUT2D eigenvalue weighted by atomic mass is 35.5. The summed E-state index contributed by atoms with van der Waals surface area (Å²) in [4.78, 5) is 3.40. The summed E-state index contributed by atoms with van der Waals surface area (Å²) in [6.07, 6.45) is -4.59. The number of benzene rings is 1. The predicted molar refractivity (Wildman–Crippen MR) is 53.4 cm³/mol. The molecule has 0 fully saturated rings. The molecule has 6 heteroatoms. The van der Waals surface area contributed by atoms with Gasteiger partial charge in [-0.2, -0.15) is 13.2 Å². The number of hydrogen-bond donors (Lipinski definition) is 1. The second kappa shape index (κ2) is 3.52. The second-order valence-electron chi connectivity index (χ2n) is 3.16. The third-order valence-electron chi connectivity index (χ3n) is 2.05. The van der Waals surface area contributed by atoms with Crippen LogP contribution in [0.15, 0.2) is 24.3 Å². The first kappa shape index (κ1) is 11.0. The SMILES string of the molecule is Oc1cc(C(F)(F)F)nc2cccc(Cl)c12. The van der Waals surface area contributed by atoms with Gasteiger partial charge in [-0.1, -0.05) is 17.7 Å². The van der Waals surface area contributed by atoms with Crippen molar-refractivity contribution in [2.24, 2.45) is 0 Å². The van der Waals surface area contributed by atoms with Crippen molar-refractivity contribution in [1.82, 2.24) is 4.98 Å². The molecule has 16 heavy (non-hydrogen) atoms. The van der Waals surface area contributed by atoms with Crippen LogP contribution in [0, 0.1) is 0 Å². The fourth-order valence-electron chi connectivity index (χ4n) is 1.37. The van der Waals surface area contributed by atoms with Crippen LogP contribution in [-0.2, 0) is 6.18 Å². The number of aromatic hydroxyl groups is 1. The fourth-order valence-corrected chi connectivity index (χ4v) is 1.63. The van der Waals surface area contributed by atoms with Crippen molar-refractivity contribution >= 4 is 22.5 Å². The molecule has 1 N–H and O–H groups in total. The lowest BCUT2D eigenvalue weighted by Gasteiger charge is -2.09. The Bertz CT molecular complexity index is 553. The van der Waals surface area contributed by atoms with Crippen molar-refractivity contribution in [3.8, 4) is 5.75 Å². The van der Waals surface area contributed by atoms with E-state index in [0.717, 1.165) is 0 Å². The molecule has 2 aromatic rings. The van der Waals surface area contributed by atoms with Gasteiger partial charge in [0.25, 0.3) is 0 Å². The molecule has 0 atom stereocenters. The van der Waals surface area contributed by atoms with Gasteiger partial charge in [-0.25, -0.2) is 4.98 Å². The van der Waals surface area contributed by atoms with Crippen LogP contribution in [0.2, 0.25) is 5.02 Å². The molecule has 0 bridgehead atoms. The summed E-state index contributed by atoms with van der Waals surface area (Å²) in [5.41, 5.74) is -1.13. The average molecular weight is 248 g/mol. The maximum atomic E-state index is 12.4. The van der Waals surface area contributed by atoms with Crippen LogP contribution in [0.1, 0.15) is 5.69 Å². The van der Waals surface area contributed by atoms with E-state index in [2.05, 4.69) is 4.98 Å². The van der Waals surface area contributed by atoms with Gasteiger partial charge in [-0.15, -0.1) is 0 Å². The standard InChI is InChI=1S/C10H5ClF3NO/c11-5-2-1-3-6-9(5)7(16)4-8(15-6)10(12,13)14/h1-4H,(H,15,16). The smallest absolute Gasteiger partial charge is 0.433 e. The molecule has 0 spiro atoms. The van der Waals surface area contributed by atoms with Crippen molar-refractivity contribution in [3.63, 3.8) is 0 Å². The zero-order valence-corrected chi connectivity index (χ0v) is 8.47. The van der Waals surface area contributed by atoms with Crippen LogP contribution in [0.25, 0.3) is 10.9 Å². The Morgan fingerprint density at radius 1 is 1.25 bits per heavy atom. The molecule has 0 amide bonds. The summed E-state index contributed by atoms with van der Waals surface area (Å²) >= 11 is 5.75. The molecular formula is C10H5ClF3NO. The molecule has 1 aromatic carbocycles. The number of hydrogen-bond acceptors (Lipinski definition) is 2. The van der Waals surface area contributed by atoms with Gasteiger partial charge < -0.3 is 5.11 Å². The van der Waals surface area contributed by atoms with E-state index in [0.29, 0.717) is 6.07 Å². The number of nitrogens with zero attached hydrogens (tertiary/aromatic N) is 1. The number of aromatic nitrogens is 1. The Morgan fingerprint density at radius 3 is 2.56 bits per heavy atom. The fraction of sp³-hybridized carbons (Fsp3) is 0.100. The molecule has 1 aromatic heterocycles. The third kappa shape index (κ3) is 1.78. The summed E-state index contributed by atoms with van der Waals surface area (Å²) in [6.45, 7) is 0. The van der Waals surface area contributed by atoms with E-state index in [1.165, 1.54) is 18.2 Å². The molecule has 2 rings (SSSR count). The first-order valence-electron chi connectivity index (χ1n) is 4.25. The maximum Gasteiger partial charge on any atom is 0.433 e. The second-order valence-corrected chi connectivity index (χ2v) is 3.57. The predicted octanol–water partition coefficient (Wildman–Crippen LogP) is 3.61. The highest BCUT2D eigenvalue weighted by Gasteiger charge is 2.33. The number of rotatable bonds is 0. The summed E-state index contributed by atoms with van der Waals surface area (Å²) in [5.74, 6) is -0.525. The summed E-state index contributed by atoms with van der Waals surface area (Å²) in [5, 5.41) is 9.76. The average Bonchev–Trinajstić information content (AvgIpc) is 2.15. The minimum absolute atomic E-state index is 0.0137. The number of fused-ring (bicyclic) bond motifs is 1. The Labute approximate surface area is 93.3 Å². The first-order valence-corrected chi connectivity index (χ1v) is 4.63. The Morgan fingerprint density at radius 2 is 1.94 bits per heavy atom. The maximum absolute atomic E-state index is 12.4. The van der Waals surface area contributed by atoms with Crippen molar-refractivity contribution in [2.45, 2.75) is 6.18 Å². The van der Waals surface area contributed by atoms with Crippen molar-refractivity contribution < 1.29 is 18.3 Å². The Hall–Kier alpha value is -1.49. The lowest BCUT2D eigenvalue weighted by Crippen LogP contribution is -2.07. The summed E-state index contributed by atoms with van der Waals surface area (Å²) in [6, 6.07) is 4.86. The van der Waals surface area contributed by atoms with Gasteiger partial charge in [0.1, 0.15) is 11.4 Å². The molecule has 0 aliphatic heterocycles. The monoisotopic (exact) mass is 247 g/mol. The van der Waals surface area contributed by atoms with Crippen LogP contribution in [-0.4, -0.2) is 10.1 Å². The van der Waals surface area contributed by atoms with Gasteiger partial charge in [-0.3, -0.25) is 0 Å². The van der Waals surface area contributed by atoms with E-state index in [1.807, 2.05) is 0 Å². The molecule has 0 radical (unpaired) electrons. The summed E-state index contributed by atoms with van der Waals surface area (Å²) in [7, 11) is 0. The Balaban J connectivity index is 2.79. The van der Waals surface area contributed by atoms with Crippen molar-refractivity contribution in [3.05, 3.63) is 35.0 Å². The normalized spacial score (nSPS) is 12.0. The van der Waals surface area contributed by atoms with Gasteiger partial charge in [0.2, 0.25) is 0 Å². The van der Waals surface area contributed by atoms with E-state index >= 15 is 0 Å². The number of alkyl halides is 3. The van der Waals surface area contributed by atoms with Gasteiger partial charge in [0.05, 0.1) is 15.9 Å². The lowest BCUT2D eigenvalue weighted by atomic mass is 10.2. The van der Waals surface area contributed by atoms with Crippen LogP contribution < -0.4 is 0 Å². The van der Waals surface area contributed by atoms with Crippen LogP contribution >= 0.6 is 11.6 Å². The van der Waals surface area contributed by atoms with Gasteiger partial charge >= 0.3 is 6.18 Å². The Kier molecular flexibility index (Phi) is 2.42. The molecule has 0 unspecified atom stereocenters. The topological polar surface area (TPSA) is 33.1 Å². The minimum atomic E-state index is -4.59. The highest BCUT2D eigenvalue weighted by Crippen LogP contribution is 2.36. The molecule has 1 heterocycles. The van der Waals surface area contributed by atoms with E-state index in [9.17, 15) is 18.3 Å². The minimum Gasteiger partial charge on any atom is -0.507 e. The van der Waals surface area contributed by atoms with Crippen molar-refractivity contribution in [2.75, 3.05) is 0 Å². The number of pyridine rings is 1. The molecule has 0 aliphatic carbocycles. The lowest BCUT2D eigenvalue weighted by molar-refractivity contribution is -0.141. The third-order valence-corrected chi connectivity index (χ3v) is 2.37. The van der Waals surface area contributed by atoms with Gasteiger partial charge in [-0.05, 0) is 12.1 Å². The van der Waals surface area contributed by atoms with E-state index in [4.69, 9.17) is 11.6 Å². The van der Waals surface area contributed by atoms with E-state index in [-0.39, 0.29) is 15.9 Å². The molecular weight excluding hydrogens is 243 g/mol. The molecule has 0 saturated heterocycles. The van der Waals surface area contributed by atoms with Crippen LogP contribution in [0.4, 0.5) is 13.2 Å². The van der Waals surface area contributed by atoms with Gasteiger partial charge in [0.15, 0.2) is 0 Å². The number of halogens is 4. The van der Waals surface area contributed by atoms with E-state index < -0.39 is 17.6 Å². The highest BCUT2D eigenvalue weighted by molar-refractivity contribution is 6.35. The first-order chi connectivity index (χ1) is 7.39. The molecule has 2 nitrogen and oxygen atoms in total. The zero-order valence-electron chi connectivity index (χ0n) is 7.72.